The molecular formula is C17H18N2O3. The van der Waals surface area contributed by atoms with Crippen LogP contribution >= 0.6 is 0 Å². The van der Waals surface area contributed by atoms with Crippen molar-refractivity contribution in [1.82, 2.24) is 9.88 Å². The molecule has 2 heterocycles. The van der Waals surface area contributed by atoms with Crippen LogP contribution in [0, 0.1) is 0 Å². The summed E-state index contributed by atoms with van der Waals surface area (Å²) in [5, 5.41) is 9.32. The number of pyridine rings is 1. The molecule has 5 nitrogen and oxygen atoms in total. The first-order valence-corrected chi connectivity index (χ1v) is 7.37. The molecule has 0 radical (unpaired) electrons. The molecule has 2 aromatic rings. The van der Waals surface area contributed by atoms with Crippen molar-refractivity contribution in [2.75, 3.05) is 13.2 Å². The fraction of sp³-hybridized carbons (Fsp3) is 0.294. The van der Waals surface area contributed by atoms with Crippen LogP contribution in [-0.2, 0) is 0 Å². The van der Waals surface area contributed by atoms with Crippen molar-refractivity contribution in [3.63, 3.8) is 0 Å². The summed E-state index contributed by atoms with van der Waals surface area (Å²) in [7, 11) is 0. The fourth-order valence-corrected chi connectivity index (χ4v) is 2.67. The Balaban J connectivity index is 1.70. The van der Waals surface area contributed by atoms with Gasteiger partial charge >= 0.3 is 0 Å². The minimum atomic E-state index is -0.0566. The molecule has 1 aromatic carbocycles. The molecule has 1 saturated heterocycles. The lowest BCUT2D eigenvalue weighted by molar-refractivity contribution is 0.0677. The van der Waals surface area contributed by atoms with E-state index in [1.165, 1.54) is 0 Å². The van der Waals surface area contributed by atoms with Gasteiger partial charge in [0.1, 0.15) is 11.5 Å². The molecule has 5 heteroatoms. The molecule has 1 N–H and O–H groups in total. The van der Waals surface area contributed by atoms with Gasteiger partial charge in [0.05, 0.1) is 18.8 Å². The number of hydrogen-bond acceptors (Lipinski definition) is 4. The zero-order chi connectivity index (χ0) is 15.4. The number of hydrogen-bond donors (Lipinski definition) is 1. The molecule has 1 aromatic heterocycles. The monoisotopic (exact) mass is 298 g/mol. The summed E-state index contributed by atoms with van der Waals surface area (Å²) in [6, 6.07) is 10.6. The number of benzene rings is 1. The zero-order valence-electron chi connectivity index (χ0n) is 12.2. The number of rotatable bonds is 4. The number of aliphatic hydroxyl groups excluding tert-OH is 1. The van der Waals surface area contributed by atoms with Crippen LogP contribution in [0.15, 0.2) is 48.8 Å². The Labute approximate surface area is 129 Å². The lowest BCUT2D eigenvalue weighted by Crippen LogP contribution is -2.37. The maximum atomic E-state index is 12.4. The second-order valence-electron chi connectivity index (χ2n) is 5.29. The average molecular weight is 298 g/mol. The van der Waals surface area contributed by atoms with E-state index in [0.717, 1.165) is 12.8 Å². The third-order valence-corrected chi connectivity index (χ3v) is 3.82. The molecule has 3 rings (SSSR count). The quantitative estimate of drug-likeness (QED) is 0.942. The van der Waals surface area contributed by atoms with Crippen molar-refractivity contribution in [3.8, 4) is 11.5 Å². The SMILES string of the molecule is O=C(c1ccc(Oc2cccnc2)cc1)N1CCC[C@H]1CO. The topological polar surface area (TPSA) is 62.7 Å². The van der Waals surface area contributed by atoms with Crippen LogP contribution in [-0.4, -0.2) is 40.1 Å². The van der Waals surface area contributed by atoms with E-state index in [2.05, 4.69) is 4.98 Å². The minimum absolute atomic E-state index is 0.0218. The highest BCUT2D eigenvalue weighted by Crippen LogP contribution is 2.23. The van der Waals surface area contributed by atoms with Crippen molar-refractivity contribution in [2.24, 2.45) is 0 Å². The van der Waals surface area contributed by atoms with E-state index in [1.54, 1.807) is 47.6 Å². The highest BCUT2D eigenvalue weighted by Gasteiger charge is 2.28. The van der Waals surface area contributed by atoms with Gasteiger partial charge in [0.15, 0.2) is 0 Å². The molecule has 1 aliphatic rings. The lowest BCUT2D eigenvalue weighted by atomic mass is 10.1. The normalized spacial score (nSPS) is 17.5. The Bertz CT molecular complexity index is 628. The Morgan fingerprint density at radius 1 is 1.27 bits per heavy atom. The number of nitrogens with zero attached hydrogens (tertiary/aromatic N) is 2. The van der Waals surface area contributed by atoms with Crippen LogP contribution in [0.3, 0.4) is 0 Å². The first kappa shape index (κ1) is 14.5. The van der Waals surface area contributed by atoms with Crippen LogP contribution < -0.4 is 4.74 Å². The predicted molar refractivity (Wildman–Crippen MR) is 81.9 cm³/mol. The van der Waals surface area contributed by atoms with Gasteiger partial charge in [-0.25, -0.2) is 0 Å². The summed E-state index contributed by atoms with van der Waals surface area (Å²) in [6.07, 6.45) is 5.13. The number of amides is 1. The van der Waals surface area contributed by atoms with Gasteiger partial charge in [0.25, 0.3) is 5.91 Å². The van der Waals surface area contributed by atoms with Gasteiger partial charge in [-0.3, -0.25) is 9.78 Å². The van der Waals surface area contributed by atoms with Gasteiger partial charge < -0.3 is 14.7 Å². The van der Waals surface area contributed by atoms with E-state index in [4.69, 9.17) is 4.74 Å². The Morgan fingerprint density at radius 2 is 2.09 bits per heavy atom. The highest BCUT2D eigenvalue weighted by atomic mass is 16.5. The molecule has 0 aliphatic carbocycles. The van der Waals surface area contributed by atoms with E-state index >= 15 is 0 Å². The number of likely N-dealkylation sites (tertiary alicyclic amines) is 1. The number of ether oxygens (including phenoxy) is 1. The summed E-state index contributed by atoms with van der Waals surface area (Å²) in [6.45, 7) is 0.728. The summed E-state index contributed by atoms with van der Waals surface area (Å²) in [5.74, 6) is 1.27. The van der Waals surface area contributed by atoms with Crippen molar-refractivity contribution < 1.29 is 14.6 Å². The molecule has 1 fully saturated rings. The molecule has 1 atom stereocenters. The maximum Gasteiger partial charge on any atom is 0.254 e. The molecule has 0 unspecified atom stereocenters. The Hall–Kier alpha value is -2.40. The van der Waals surface area contributed by atoms with Crippen molar-refractivity contribution in [3.05, 3.63) is 54.4 Å². The molecule has 0 bridgehead atoms. The smallest absolute Gasteiger partial charge is 0.254 e. The lowest BCUT2D eigenvalue weighted by Gasteiger charge is -2.23. The zero-order valence-corrected chi connectivity index (χ0v) is 12.2. The van der Waals surface area contributed by atoms with E-state index in [0.29, 0.717) is 23.6 Å². The third kappa shape index (κ3) is 3.09. The molecule has 1 amide bonds. The van der Waals surface area contributed by atoms with Gasteiger partial charge in [0, 0.05) is 18.3 Å². The number of aromatic nitrogens is 1. The van der Waals surface area contributed by atoms with Crippen LogP contribution in [0.2, 0.25) is 0 Å². The van der Waals surface area contributed by atoms with Crippen molar-refractivity contribution in [2.45, 2.75) is 18.9 Å². The highest BCUT2D eigenvalue weighted by molar-refractivity contribution is 5.94. The van der Waals surface area contributed by atoms with Gasteiger partial charge in [-0.05, 0) is 49.2 Å². The van der Waals surface area contributed by atoms with E-state index in [-0.39, 0.29) is 18.6 Å². The Kier molecular flexibility index (Phi) is 4.34. The molecule has 0 saturated carbocycles. The van der Waals surface area contributed by atoms with E-state index < -0.39 is 0 Å². The first-order chi connectivity index (χ1) is 10.8. The maximum absolute atomic E-state index is 12.4. The molecule has 22 heavy (non-hydrogen) atoms. The first-order valence-electron chi connectivity index (χ1n) is 7.37. The number of carbonyl (C=O) groups excluding carboxylic acids is 1. The molecule has 114 valence electrons. The summed E-state index contributed by atoms with van der Waals surface area (Å²) < 4.78 is 5.65. The van der Waals surface area contributed by atoms with Gasteiger partial charge in [-0.2, -0.15) is 0 Å². The van der Waals surface area contributed by atoms with Gasteiger partial charge in [-0.15, -0.1) is 0 Å². The van der Waals surface area contributed by atoms with Gasteiger partial charge in [0.2, 0.25) is 0 Å². The van der Waals surface area contributed by atoms with Crippen LogP contribution in [0.4, 0.5) is 0 Å². The summed E-state index contributed by atoms with van der Waals surface area (Å²) in [4.78, 5) is 18.2. The molecular weight excluding hydrogens is 280 g/mol. The van der Waals surface area contributed by atoms with Gasteiger partial charge in [-0.1, -0.05) is 0 Å². The van der Waals surface area contributed by atoms with Crippen LogP contribution in [0.5, 0.6) is 11.5 Å². The van der Waals surface area contributed by atoms with Crippen molar-refractivity contribution >= 4 is 5.91 Å². The standard InChI is InChI=1S/C17H18N2O3/c20-12-14-3-2-10-19(14)17(21)13-5-7-15(8-6-13)22-16-4-1-9-18-11-16/h1,4-9,11,14,20H,2-3,10,12H2/t14-/m0/s1. The Morgan fingerprint density at radius 3 is 2.77 bits per heavy atom. The van der Waals surface area contributed by atoms with E-state index in [9.17, 15) is 9.90 Å². The largest absolute Gasteiger partial charge is 0.456 e. The van der Waals surface area contributed by atoms with Crippen LogP contribution in [0.1, 0.15) is 23.2 Å². The second-order valence-corrected chi connectivity index (χ2v) is 5.29. The predicted octanol–water partition coefficient (Wildman–Crippen LogP) is 2.47. The van der Waals surface area contributed by atoms with Crippen LogP contribution in [0.25, 0.3) is 0 Å². The molecule has 0 spiro atoms. The second kappa shape index (κ2) is 6.58. The fourth-order valence-electron chi connectivity index (χ4n) is 2.67. The van der Waals surface area contributed by atoms with E-state index in [1.807, 2.05) is 6.07 Å². The van der Waals surface area contributed by atoms with Crippen molar-refractivity contribution in [1.29, 1.82) is 0 Å². The summed E-state index contributed by atoms with van der Waals surface area (Å²) >= 11 is 0. The minimum Gasteiger partial charge on any atom is -0.456 e. The molecule has 1 aliphatic heterocycles. The average Bonchev–Trinajstić information content (AvgIpc) is 3.04. The number of carbonyl (C=O) groups is 1. The number of aliphatic hydroxyl groups is 1. The summed E-state index contributed by atoms with van der Waals surface area (Å²) in [5.41, 5.74) is 0.610. The third-order valence-electron chi connectivity index (χ3n) is 3.82.